The molecule has 3 rings (SSSR count). The quantitative estimate of drug-likeness (QED) is 0.448. The van der Waals surface area contributed by atoms with Crippen molar-refractivity contribution >= 4 is 22.8 Å². The predicted molar refractivity (Wildman–Crippen MR) is 112 cm³/mol. The molecule has 1 N–H and O–H groups in total. The summed E-state index contributed by atoms with van der Waals surface area (Å²) in [5, 5.41) is 11.0. The molecule has 3 aromatic carbocycles. The highest BCUT2D eigenvalue weighted by Gasteiger charge is 2.09. The molecule has 0 atom stereocenters. The summed E-state index contributed by atoms with van der Waals surface area (Å²) in [7, 11) is 0. The molecule has 0 unspecified atom stereocenters. The lowest BCUT2D eigenvalue weighted by Crippen LogP contribution is -2.11. The molecule has 0 aromatic heterocycles. The molecule has 28 heavy (non-hydrogen) atoms. The Hall–Kier alpha value is -3.27. The molecule has 0 radical (unpaired) electrons. The number of aryl methyl sites for hydroxylation is 2. The molecule has 0 heterocycles. The van der Waals surface area contributed by atoms with E-state index in [1.54, 1.807) is 6.08 Å². The van der Waals surface area contributed by atoms with Crippen molar-refractivity contribution in [1.82, 2.24) is 0 Å². The molecule has 0 bridgehead atoms. The molecule has 4 nitrogen and oxygen atoms in total. The Morgan fingerprint density at radius 3 is 2.43 bits per heavy atom. The van der Waals surface area contributed by atoms with E-state index in [2.05, 4.69) is 26.0 Å². The van der Waals surface area contributed by atoms with E-state index in [4.69, 9.17) is 14.6 Å². The van der Waals surface area contributed by atoms with Crippen molar-refractivity contribution in [2.45, 2.75) is 20.8 Å². The summed E-state index contributed by atoms with van der Waals surface area (Å²) in [5.41, 5.74) is 4.18. The highest BCUT2D eigenvalue weighted by atomic mass is 16.5. The van der Waals surface area contributed by atoms with E-state index in [1.807, 2.05) is 43.3 Å². The van der Waals surface area contributed by atoms with E-state index >= 15 is 0 Å². The number of ether oxygens (including phenoxy) is 2. The van der Waals surface area contributed by atoms with Gasteiger partial charge >= 0.3 is 5.97 Å². The van der Waals surface area contributed by atoms with Gasteiger partial charge in [0.2, 0.25) is 0 Å². The van der Waals surface area contributed by atoms with Crippen LogP contribution in [-0.2, 0) is 4.79 Å². The van der Waals surface area contributed by atoms with E-state index in [0.29, 0.717) is 19.0 Å². The first-order valence-electron chi connectivity index (χ1n) is 9.22. The Labute approximate surface area is 165 Å². The van der Waals surface area contributed by atoms with E-state index in [9.17, 15) is 4.79 Å². The number of benzene rings is 3. The first-order valence-corrected chi connectivity index (χ1v) is 9.22. The summed E-state index contributed by atoms with van der Waals surface area (Å²) < 4.78 is 11.9. The van der Waals surface area contributed by atoms with Crippen LogP contribution in [0.4, 0.5) is 0 Å². The fourth-order valence-corrected chi connectivity index (χ4v) is 3.17. The van der Waals surface area contributed by atoms with E-state index in [-0.39, 0.29) is 0 Å². The van der Waals surface area contributed by atoms with Crippen molar-refractivity contribution < 1.29 is 19.4 Å². The number of carboxylic acids is 1. The summed E-state index contributed by atoms with van der Waals surface area (Å²) in [4.78, 5) is 11.0. The Bertz CT molecular complexity index is 1030. The van der Waals surface area contributed by atoms with Crippen molar-refractivity contribution in [3.05, 3.63) is 76.9 Å². The van der Waals surface area contributed by atoms with E-state index < -0.39 is 5.97 Å². The summed E-state index contributed by atoms with van der Waals surface area (Å²) in [6.07, 6.45) is 2.71. The third-order valence-corrected chi connectivity index (χ3v) is 4.78. The largest absolute Gasteiger partial charge is 0.489 e. The van der Waals surface area contributed by atoms with E-state index in [1.165, 1.54) is 5.56 Å². The van der Waals surface area contributed by atoms with Crippen molar-refractivity contribution in [3.8, 4) is 11.5 Å². The maximum atomic E-state index is 11.0. The van der Waals surface area contributed by atoms with Gasteiger partial charge < -0.3 is 14.6 Å². The van der Waals surface area contributed by atoms with Gasteiger partial charge in [-0.3, -0.25) is 0 Å². The van der Waals surface area contributed by atoms with Crippen LogP contribution in [0, 0.1) is 20.8 Å². The van der Waals surface area contributed by atoms with Gasteiger partial charge in [-0.15, -0.1) is 0 Å². The van der Waals surface area contributed by atoms with Gasteiger partial charge in [0.05, 0.1) is 0 Å². The molecule has 0 amide bonds. The SMILES string of the molecule is Cc1ccc(C)c(OCCOc2ccc3ccccc3c2C=CC(=O)O)c1C. The number of rotatable bonds is 7. The molecule has 0 aliphatic heterocycles. The summed E-state index contributed by atoms with van der Waals surface area (Å²) >= 11 is 0. The third-order valence-electron chi connectivity index (χ3n) is 4.78. The first-order chi connectivity index (χ1) is 13.5. The van der Waals surface area contributed by atoms with Crippen LogP contribution in [-0.4, -0.2) is 24.3 Å². The molecule has 0 spiro atoms. The summed E-state index contributed by atoms with van der Waals surface area (Å²) in [6, 6.07) is 15.8. The summed E-state index contributed by atoms with van der Waals surface area (Å²) in [5.74, 6) is 0.540. The number of carboxylic acid groups (broad SMARTS) is 1. The van der Waals surface area contributed by atoms with Gasteiger partial charge in [0, 0.05) is 11.6 Å². The highest BCUT2D eigenvalue weighted by molar-refractivity contribution is 5.96. The van der Waals surface area contributed by atoms with E-state index in [0.717, 1.165) is 39.3 Å². The van der Waals surface area contributed by atoms with Gasteiger partial charge in [-0.05, 0) is 60.4 Å². The van der Waals surface area contributed by atoms with Crippen LogP contribution >= 0.6 is 0 Å². The van der Waals surface area contributed by atoms with Crippen LogP contribution < -0.4 is 9.47 Å². The normalized spacial score (nSPS) is 11.1. The third kappa shape index (κ3) is 4.34. The zero-order valence-corrected chi connectivity index (χ0v) is 16.4. The molecule has 4 heteroatoms. The fourth-order valence-electron chi connectivity index (χ4n) is 3.17. The van der Waals surface area contributed by atoms with Crippen molar-refractivity contribution in [3.63, 3.8) is 0 Å². The van der Waals surface area contributed by atoms with Crippen LogP contribution in [0.5, 0.6) is 11.5 Å². The van der Waals surface area contributed by atoms with Crippen molar-refractivity contribution in [2.75, 3.05) is 13.2 Å². The number of carbonyl (C=O) groups is 1. The number of hydrogen-bond donors (Lipinski definition) is 1. The van der Waals surface area contributed by atoms with Crippen LogP contribution in [0.3, 0.4) is 0 Å². The first kappa shape index (κ1) is 19.5. The second kappa shape index (κ2) is 8.61. The molecule has 0 saturated heterocycles. The second-order valence-corrected chi connectivity index (χ2v) is 6.72. The molecular formula is C24H24O4. The van der Waals surface area contributed by atoms with Gasteiger partial charge in [0.25, 0.3) is 0 Å². The Balaban J connectivity index is 1.77. The molecular weight excluding hydrogens is 352 g/mol. The van der Waals surface area contributed by atoms with Gasteiger partial charge in [-0.25, -0.2) is 4.79 Å². The molecule has 0 fully saturated rings. The van der Waals surface area contributed by atoms with Crippen LogP contribution in [0.1, 0.15) is 22.3 Å². The highest BCUT2D eigenvalue weighted by Crippen LogP contribution is 2.30. The van der Waals surface area contributed by atoms with Crippen LogP contribution in [0.25, 0.3) is 16.8 Å². The second-order valence-electron chi connectivity index (χ2n) is 6.72. The molecule has 144 valence electrons. The monoisotopic (exact) mass is 376 g/mol. The van der Waals surface area contributed by atoms with Crippen LogP contribution in [0.2, 0.25) is 0 Å². The minimum absolute atomic E-state index is 0.360. The molecule has 3 aromatic rings. The topological polar surface area (TPSA) is 55.8 Å². The van der Waals surface area contributed by atoms with Crippen molar-refractivity contribution in [1.29, 1.82) is 0 Å². The average molecular weight is 376 g/mol. The zero-order valence-electron chi connectivity index (χ0n) is 16.4. The van der Waals surface area contributed by atoms with Crippen LogP contribution in [0.15, 0.2) is 54.6 Å². The summed E-state index contributed by atoms with van der Waals surface area (Å²) in [6.45, 7) is 6.91. The molecule has 0 saturated carbocycles. The Kier molecular flexibility index (Phi) is 5.99. The smallest absolute Gasteiger partial charge is 0.328 e. The number of aliphatic carboxylic acids is 1. The maximum absolute atomic E-state index is 11.0. The Morgan fingerprint density at radius 2 is 1.64 bits per heavy atom. The fraction of sp³-hybridized carbons (Fsp3) is 0.208. The lowest BCUT2D eigenvalue weighted by molar-refractivity contribution is -0.131. The van der Waals surface area contributed by atoms with Gasteiger partial charge in [-0.2, -0.15) is 0 Å². The molecule has 0 aliphatic carbocycles. The van der Waals surface area contributed by atoms with Crippen molar-refractivity contribution in [2.24, 2.45) is 0 Å². The van der Waals surface area contributed by atoms with Gasteiger partial charge in [0.1, 0.15) is 24.7 Å². The standard InChI is InChI=1S/C24H24O4/c1-16-8-9-17(2)24(18(16)3)28-15-14-27-22-12-10-19-6-4-5-7-20(19)21(22)11-13-23(25)26/h4-13H,14-15H2,1-3H3,(H,25,26). The maximum Gasteiger partial charge on any atom is 0.328 e. The zero-order chi connectivity index (χ0) is 20.1. The van der Waals surface area contributed by atoms with Gasteiger partial charge in [0.15, 0.2) is 0 Å². The minimum atomic E-state index is -0.993. The average Bonchev–Trinajstić information content (AvgIpc) is 2.69. The lowest BCUT2D eigenvalue weighted by Gasteiger charge is -2.15. The van der Waals surface area contributed by atoms with Gasteiger partial charge in [-0.1, -0.05) is 42.5 Å². The number of fused-ring (bicyclic) bond motifs is 1. The molecule has 0 aliphatic rings. The lowest BCUT2D eigenvalue weighted by atomic mass is 10.0. The Morgan fingerprint density at radius 1 is 0.929 bits per heavy atom. The minimum Gasteiger partial charge on any atom is -0.489 e. The predicted octanol–water partition coefficient (Wildman–Crippen LogP) is 5.32. The number of hydrogen-bond acceptors (Lipinski definition) is 3.